The van der Waals surface area contributed by atoms with Crippen molar-refractivity contribution < 1.29 is 37.3 Å². The van der Waals surface area contributed by atoms with Crippen LogP contribution in [0.25, 0.3) is 11.3 Å². The molecule has 12 nitrogen and oxygen atoms in total. The second-order valence-corrected chi connectivity index (χ2v) is 10.1. The predicted molar refractivity (Wildman–Crippen MR) is 146 cm³/mol. The Hall–Kier alpha value is -4.40. The Bertz CT molecular complexity index is 1420. The molecule has 0 atom stereocenters. The first kappa shape index (κ1) is 31.8. The lowest BCUT2D eigenvalue weighted by Gasteiger charge is -2.11. The number of aromatic nitrogens is 2. The van der Waals surface area contributed by atoms with E-state index in [1.54, 1.807) is 30.5 Å². The molecule has 0 aliphatic heterocycles. The van der Waals surface area contributed by atoms with Crippen LogP contribution in [-0.4, -0.2) is 79.7 Å². The number of rotatable bonds is 12. The summed E-state index contributed by atoms with van der Waals surface area (Å²) in [7, 11) is 1.71. The van der Waals surface area contributed by atoms with Gasteiger partial charge in [-0.25, -0.2) is 37.1 Å². The van der Waals surface area contributed by atoms with Crippen LogP contribution in [0.5, 0.6) is 5.75 Å². The van der Waals surface area contributed by atoms with E-state index < -0.39 is 27.8 Å². The van der Waals surface area contributed by atoms with E-state index in [2.05, 4.69) is 20.0 Å². The Labute approximate surface area is 231 Å². The van der Waals surface area contributed by atoms with Crippen molar-refractivity contribution in [2.45, 2.75) is 11.3 Å². The third-order valence-electron chi connectivity index (χ3n) is 4.97. The summed E-state index contributed by atoms with van der Waals surface area (Å²) < 4.78 is 46.4. The van der Waals surface area contributed by atoms with Crippen molar-refractivity contribution >= 4 is 33.6 Å². The zero-order valence-electron chi connectivity index (χ0n) is 22.0. The zero-order valence-corrected chi connectivity index (χ0v) is 22.9. The third kappa shape index (κ3) is 10.8. The highest BCUT2D eigenvalue weighted by Gasteiger charge is 2.13. The molecule has 1 heterocycles. The maximum absolute atomic E-state index is 14.0. The zero-order chi connectivity index (χ0) is 29.7. The predicted octanol–water partition coefficient (Wildman–Crippen LogP) is 2.98. The normalized spacial score (nSPS) is 11.1. The third-order valence-corrected chi connectivity index (χ3v) is 6.44. The Balaban J connectivity index is 0.000000611. The Morgan fingerprint density at radius 1 is 1.05 bits per heavy atom. The van der Waals surface area contributed by atoms with Crippen LogP contribution >= 0.6 is 0 Å². The molecular weight excluding hydrogens is 545 g/mol. The molecular formula is C26H30FN5O7S. The molecule has 4 N–H and O–H groups in total. The lowest BCUT2D eigenvalue weighted by molar-refractivity contribution is -0.134. The Kier molecular flexibility index (Phi) is 12.1. The molecule has 40 heavy (non-hydrogen) atoms. The van der Waals surface area contributed by atoms with E-state index in [9.17, 15) is 22.4 Å². The molecule has 214 valence electrons. The summed E-state index contributed by atoms with van der Waals surface area (Å²) in [6.07, 6.45) is 3.39. The van der Waals surface area contributed by atoms with Crippen molar-refractivity contribution in [2.75, 3.05) is 39.6 Å². The van der Waals surface area contributed by atoms with Gasteiger partial charge in [-0.1, -0.05) is 0 Å². The number of methoxy groups -OCH3 is 1. The number of sulfonamides is 1. The molecule has 0 aliphatic carbocycles. The van der Waals surface area contributed by atoms with Gasteiger partial charge in [0.05, 0.1) is 17.7 Å². The summed E-state index contributed by atoms with van der Waals surface area (Å²) in [5.74, 6) is -2.54. The minimum absolute atomic E-state index is 0.156. The average molecular weight is 576 g/mol. The number of anilines is 2. The van der Waals surface area contributed by atoms with Gasteiger partial charge in [-0.3, -0.25) is 0 Å². The fourth-order valence-electron chi connectivity index (χ4n) is 3.08. The monoisotopic (exact) mass is 575 g/mol. The topological polar surface area (TPSA) is 171 Å². The van der Waals surface area contributed by atoms with Crippen LogP contribution < -0.4 is 14.8 Å². The molecule has 0 unspecified atom stereocenters. The Morgan fingerprint density at radius 2 is 1.70 bits per heavy atom. The van der Waals surface area contributed by atoms with Crippen molar-refractivity contribution in [1.82, 2.24) is 19.6 Å². The molecule has 2 aromatic carbocycles. The van der Waals surface area contributed by atoms with Gasteiger partial charge in [0.25, 0.3) is 0 Å². The number of benzene rings is 2. The highest BCUT2D eigenvalue weighted by atomic mass is 32.2. The minimum atomic E-state index is -3.57. The van der Waals surface area contributed by atoms with Gasteiger partial charge in [-0.05, 0) is 75.6 Å². The van der Waals surface area contributed by atoms with Gasteiger partial charge < -0.3 is 25.2 Å². The van der Waals surface area contributed by atoms with Crippen molar-refractivity contribution in [2.24, 2.45) is 0 Å². The molecule has 0 spiro atoms. The molecule has 0 amide bonds. The highest BCUT2D eigenvalue weighted by Crippen LogP contribution is 2.25. The quantitative estimate of drug-likeness (QED) is 0.185. The molecule has 3 aromatic rings. The SMILES string of the molecule is COc1ccc(-c2ccnc(Nc3ccc(S(=O)(=O)NCCCN(C)C)cc3)n2)cc1F.O=C(O)/C=C\C(=O)O. The molecule has 0 radical (unpaired) electrons. The molecule has 1 aromatic heterocycles. The standard InChI is InChI=1S/C22H26FN5O3S.C4H4O4/c1-28(2)14-4-12-25-32(29,30)18-8-6-17(7-9-18)26-22-24-13-11-20(27-22)16-5-10-21(31-3)19(23)15-16;5-3(6)1-2-4(7)8/h5-11,13,15,25H,4,12,14H2,1-3H3,(H,24,26,27);1-2H,(H,5,6)(H,7,8)/b;2-1-. The summed E-state index contributed by atoms with van der Waals surface area (Å²) in [6.45, 7) is 1.17. The van der Waals surface area contributed by atoms with Gasteiger partial charge in [-0.15, -0.1) is 0 Å². The van der Waals surface area contributed by atoms with Gasteiger partial charge >= 0.3 is 11.9 Å². The minimum Gasteiger partial charge on any atom is -0.494 e. The molecule has 14 heteroatoms. The number of halogens is 1. The summed E-state index contributed by atoms with van der Waals surface area (Å²) >= 11 is 0. The highest BCUT2D eigenvalue weighted by molar-refractivity contribution is 7.89. The van der Waals surface area contributed by atoms with Gasteiger partial charge in [0, 0.05) is 36.1 Å². The first-order valence-electron chi connectivity index (χ1n) is 11.7. The molecule has 0 saturated carbocycles. The molecule has 0 saturated heterocycles. The van der Waals surface area contributed by atoms with E-state index in [-0.39, 0.29) is 10.6 Å². The molecule has 0 fully saturated rings. The molecule has 0 bridgehead atoms. The second kappa shape index (κ2) is 15.3. The number of ether oxygens (including phenoxy) is 1. The number of carboxylic acid groups (broad SMARTS) is 2. The van der Waals surface area contributed by atoms with Crippen LogP contribution in [0.1, 0.15) is 6.42 Å². The number of aliphatic carboxylic acids is 2. The summed E-state index contributed by atoms with van der Waals surface area (Å²) in [6, 6.07) is 12.6. The first-order chi connectivity index (χ1) is 18.9. The van der Waals surface area contributed by atoms with E-state index in [1.165, 1.54) is 31.4 Å². The number of nitrogens with one attached hydrogen (secondary N) is 2. The van der Waals surface area contributed by atoms with Gasteiger partial charge in [-0.2, -0.15) is 0 Å². The van der Waals surface area contributed by atoms with E-state index in [1.807, 2.05) is 19.0 Å². The lowest BCUT2D eigenvalue weighted by Crippen LogP contribution is -2.27. The van der Waals surface area contributed by atoms with E-state index in [0.717, 1.165) is 13.0 Å². The lowest BCUT2D eigenvalue weighted by atomic mass is 10.1. The van der Waals surface area contributed by atoms with Crippen molar-refractivity contribution in [3.8, 4) is 17.0 Å². The summed E-state index contributed by atoms with van der Waals surface area (Å²) in [5.41, 5.74) is 1.73. The Morgan fingerprint density at radius 3 is 2.25 bits per heavy atom. The molecule has 0 aliphatic rings. The summed E-state index contributed by atoms with van der Waals surface area (Å²) in [5, 5.41) is 18.7. The maximum atomic E-state index is 14.0. The van der Waals surface area contributed by atoms with Crippen molar-refractivity contribution in [1.29, 1.82) is 0 Å². The molecule has 3 rings (SSSR count). The van der Waals surface area contributed by atoms with Crippen molar-refractivity contribution in [3.63, 3.8) is 0 Å². The van der Waals surface area contributed by atoms with Crippen LogP contribution in [0.15, 0.2) is 71.8 Å². The maximum Gasteiger partial charge on any atom is 0.328 e. The van der Waals surface area contributed by atoms with Crippen LogP contribution in [0.2, 0.25) is 0 Å². The first-order valence-corrected chi connectivity index (χ1v) is 13.2. The van der Waals surface area contributed by atoms with Gasteiger partial charge in [0.2, 0.25) is 16.0 Å². The fourth-order valence-corrected chi connectivity index (χ4v) is 4.15. The fraction of sp³-hybridized carbons (Fsp3) is 0.231. The average Bonchev–Trinajstić information content (AvgIpc) is 2.91. The largest absolute Gasteiger partial charge is 0.494 e. The van der Waals surface area contributed by atoms with E-state index in [0.29, 0.717) is 41.6 Å². The van der Waals surface area contributed by atoms with Crippen LogP contribution in [0, 0.1) is 5.82 Å². The smallest absolute Gasteiger partial charge is 0.328 e. The second-order valence-electron chi connectivity index (χ2n) is 8.33. The number of hydrogen-bond acceptors (Lipinski definition) is 9. The van der Waals surface area contributed by atoms with Crippen LogP contribution in [-0.2, 0) is 19.6 Å². The number of carbonyl (C=O) groups is 2. The van der Waals surface area contributed by atoms with Crippen molar-refractivity contribution in [3.05, 3.63) is 72.7 Å². The van der Waals surface area contributed by atoms with Crippen LogP contribution in [0.3, 0.4) is 0 Å². The number of hydrogen-bond donors (Lipinski definition) is 4. The summed E-state index contributed by atoms with van der Waals surface area (Å²) in [4.78, 5) is 29.9. The van der Waals surface area contributed by atoms with Gasteiger partial charge in [0.1, 0.15) is 0 Å². The number of carboxylic acids is 2. The van der Waals surface area contributed by atoms with E-state index >= 15 is 0 Å². The van der Waals surface area contributed by atoms with Crippen LogP contribution in [0.4, 0.5) is 16.0 Å². The van der Waals surface area contributed by atoms with Gasteiger partial charge in [0.15, 0.2) is 11.6 Å². The van der Waals surface area contributed by atoms with E-state index in [4.69, 9.17) is 14.9 Å². The number of nitrogens with zero attached hydrogens (tertiary/aromatic N) is 3.